The number of amides is 2. The standard InChI is InChI=1S/C23H27N3O3.ClH/c1-16-22(24-12-14-29-16)23(28)25-19-10-8-17(9-11-19)15-21(27)26-13-4-6-18-5-2-3-7-20(18)26;/h2-3,5,7-11,16,22,24H,4,6,12-15H2,1H3,(H,25,28);1H/t16-,22+;/m1./s1. The first-order chi connectivity index (χ1) is 14.1. The smallest absolute Gasteiger partial charge is 0.244 e. The fraction of sp³-hybridized carbons (Fsp3) is 0.391. The molecule has 30 heavy (non-hydrogen) atoms. The molecule has 0 bridgehead atoms. The molecule has 0 unspecified atom stereocenters. The Morgan fingerprint density at radius 1 is 1.17 bits per heavy atom. The molecule has 2 amide bonds. The van der Waals surface area contributed by atoms with Gasteiger partial charge in [0.1, 0.15) is 6.04 Å². The van der Waals surface area contributed by atoms with Gasteiger partial charge in [-0.3, -0.25) is 9.59 Å². The Kier molecular flexibility index (Phi) is 7.48. The van der Waals surface area contributed by atoms with Crippen molar-refractivity contribution in [1.29, 1.82) is 0 Å². The summed E-state index contributed by atoms with van der Waals surface area (Å²) >= 11 is 0. The van der Waals surface area contributed by atoms with Crippen molar-refractivity contribution in [3.8, 4) is 0 Å². The highest BCUT2D eigenvalue weighted by Crippen LogP contribution is 2.27. The third-order valence-corrected chi connectivity index (χ3v) is 5.59. The van der Waals surface area contributed by atoms with Gasteiger partial charge in [0.25, 0.3) is 0 Å². The zero-order valence-corrected chi connectivity index (χ0v) is 17.9. The number of carbonyl (C=O) groups is 2. The fourth-order valence-electron chi connectivity index (χ4n) is 4.02. The van der Waals surface area contributed by atoms with Crippen LogP contribution in [0.25, 0.3) is 0 Å². The SMILES string of the molecule is C[C@H]1OCCN[C@@H]1C(=O)Nc1ccc(CC(=O)N2CCCc3ccccc32)cc1.Cl. The van der Waals surface area contributed by atoms with E-state index in [1.54, 1.807) is 0 Å². The molecule has 2 heterocycles. The van der Waals surface area contributed by atoms with E-state index in [-0.39, 0.29) is 36.4 Å². The zero-order valence-electron chi connectivity index (χ0n) is 17.1. The Hall–Kier alpha value is -2.41. The molecule has 0 radical (unpaired) electrons. The van der Waals surface area contributed by atoms with Crippen LogP contribution in [0.3, 0.4) is 0 Å². The first kappa shape index (κ1) is 22.3. The maximum atomic E-state index is 12.9. The normalized spacial score (nSPS) is 20.6. The number of anilines is 2. The van der Waals surface area contributed by atoms with Gasteiger partial charge in [-0.15, -0.1) is 12.4 Å². The Morgan fingerprint density at radius 2 is 1.93 bits per heavy atom. The number of halogens is 1. The maximum Gasteiger partial charge on any atom is 0.244 e. The van der Waals surface area contributed by atoms with Crippen LogP contribution in [-0.2, 0) is 27.2 Å². The molecule has 0 aliphatic carbocycles. The van der Waals surface area contributed by atoms with Crippen LogP contribution in [0, 0.1) is 0 Å². The van der Waals surface area contributed by atoms with Crippen molar-refractivity contribution in [2.24, 2.45) is 0 Å². The number of fused-ring (bicyclic) bond motifs is 1. The van der Waals surface area contributed by atoms with Crippen LogP contribution in [0.15, 0.2) is 48.5 Å². The van der Waals surface area contributed by atoms with E-state index in [0.29, 0.717) is 25.3 Å². The molecule has 1 fully saturated rings. The van der Waals surface area contributed by atoms with E-state index in [0.717, 1.165) is 30.6 Å². The molecule has 2 aromatic rings. The number of morpholine rings is 1. The molecule has 6 nitrogen and oxygen atoms in total. The molecule has 4 rings (SSSR count). The van der Waals surface area contributed by atoms with Crippen molar-refractivity contribution in [2.75, 3.05) is 29.9 Å². The minimum Gasteiger partial charge on any atom is -0.375 e. The van der Waals surface area contributed by atoms with Crippen molar-refractivity contribution in [3.63, 3.8) is 0 Å². The summed E-state index contributed by atoms with van der Waals surface area (Å²) < 4.78 is 5.53. The number of ether oxygens (including phenoxy) is 1. The lowest BCUT2D eigenvalue weighted by atomic mass is 10.0. The Labute approximate surface area is 183 Å². The summed E-state index contributed by atoms with van der Waals surface area (Å²) in [6, 6.07) is 15.3. The van der Waals surface area contributed by atoms with E-state index in [1.165, 1.54) is 5.56 Å². The number of aryl methyl sites for hydroxylation is 1. The highest BCUT2D eigenvalue weighted by molar-refractivity contribution is 5.97. The van der Waals surface area contributed by atoms with E-state index in [9.17, 15) is 9.59 Å². The second kappa shape index (κ2) is 10.1. The molecule has 2 aromatic carbocycles. The molecule has 2 N–H and O–H groups in total. The fourth-order valence-corrected chi connectivity index (χ4v) is 4.02. The summed E-state index contributed by atoms with van der Waals surface area (Å²) in [5.74, 6) is -0.00253. The summed E-state index contributed by atoms with van der Waals surface area (Å²) in [4.78, 5) is 27.2. The molecule has 2 atom stereocenters. The average Bonchev–Trinajstić information content (AvgIpc) is 2.75. The molecule has 2 aliphatic heterocycles. The maximum absolute atomic E-state index is 12.9. The molecular formula is C23H28ClN3O3. The topological polar surface area (TPSA) is 70.7 Å². The van der Waals surface area contributed by atoms with Gasteiger partial charge in [0.05, 0.1) is 19.1 Å². The highest BCUT2D eigenvalue weighted by Gasteiger charge is 2.28. The second-order valence-electron chi connectivity index (χ2n) is 7.65. The lowest BCUT2D eigenvalue weighted by Crippen LogP contribution is -2.53. The number of hydrogen-bond donors (Lipinski definition) is 2. The summed E-state index contributed by atoms with van der Waals surface area (Å²) in [5.41, 5.74) is 3.92. The monoisotopic (exact) mass is 429 g/mol. The van der Waals surface area contributed by atoms with Gasteiger partial charge < -0.3 is 20.3 Å². The number of hydrogen-bond acceptors (Lipinski definition) is 4. The number of nitrogens with zero attached hydrogens (tertiary/aromatic N) is 1. The van der Waals surface area contributed by atoms with Gasteiger partial charge in [-0.1, -0.05) is 30.3 Å². The van der Waals surface area contributed by atoms with Crippen molar-refractivity contribution in [2.45, 2.75) is 38.3 Å². The molecule has 0 spiro atoms. The van der Waals surface area contributed by atoms with Crippen LogP contribution in [0.4, 0.5) is 11.4 Å². The predicted molar refractivity (Wildman–Crippen MR) is 120 cm³/mol. The third-order valence-electron chi connectivity index (χ3n) is 5.59. The minimum absolute atomic E-state index is 0. The van der Waals surface area contributed by atoms with Gasteiger partial charge in [-0.2, -0.15) is 0 Å². The summed E-state index contributed by atoms with van der Waals surface area (Å²) in [6.07, 6.45) is 2.20. The van der Waals surface area contributed by atoms with E-state index in [2.05, 4.69) is 16.7 Å². The molecular weight excluding hydrogens is 402 g/mol. The van der Waals surface area contributed by atoms with Gasteiger partial charge >= 0.3 is 0 Å². The van der Waals surface area contributed by atoms with Crippen LogP contribution >= 0.6 is 12.4 Å². The largest absolute Gasteiger partial charge is 0.375 e. The lowest BCUT2D eigenvalue weighted by molar-refractivity contribution is -0.123. The quantitative estimate of drug-likeness (QED) is 0.783. The molecule has 0 saturated carbocycles. The summed E-state index contributed by atoms with van der Waals surface area (Å²) in [5, 5.41) is 6.11. The van der Waals surface area contributed by atoms with E-state index < -0.39 is 0 Å². The van der Waals surface area contributed by atoms with Crippen molar-refractivity contribution >= 4 is 35.6 Å². The Bertz CT molecular complexity index is 888. The average molecular weight is 430 g/mol. The van der Waals surface area contributed by atoms with E-state index >= 15 is 0 Å². The molecule has 160 valence electrons. The Morgan fingerprint density at radius 3 is 2.70 bits per heavy atom. The number of carbonyl (C=O) groups excluding carboxylic acids is 2. The van der Waals surface area contributed by atoms with E-state index in [1.807, 2.05) is 54.3 Å². The van der Waals surface area contributed by atoms with Crippen molar-refractivity contribution in [1.82, 2.24) is 5.32 Å². The van der Waals surface area contributed by atoms with Crippen molar-refractivity contribution in [3.05, 3.63) is 59.7 Å². The number of nitrogens with one attached hydrogen (secondary N) is 2. The zero-order chi connectivity index (χ0) is 20.2. The van der Waals surface area contributed by atoms with Crippen LogP contribution in [-0.4, -0.2) is 43.7 Å². The summed E-state index contributed by atoms with van der Waals surface area (Å²) in [6.45, 7) is 3.95. The highest BCUT2D eigenvalue weighted by atomic mass is 35.5. The van der Waals surface area contributed by atoms with Gasteiger partial charge in [-0.05, 0) is 49.1 Å². The molecule has 1 saturated heterocycles. The lowest BCUT2D eigenvalue weighted by Gasteiger charge is -2.29. The number of para-hydroxylation sites is 1. The molecule has 2 aliphatic rings. The molecule has 7 heteroatoms. The number of rotatable bonds is 4. The first-order valence-corrected chi connectivity index (χ1v) is 10.2. The number of benzene rings is 2. The summed E-state index contributed by atoms with van der Waals surface area (Å²) in [7, 11) is 0. The van der Waals surface area contributed by atoms with Gasteiger partial charge in [0, 0.05) is 24.5 Å². The van der Waals surface area contributed by atoms with Crippen LogP contribution in [0.2, 0.25) is 0 Å². The first-order valence-electron chi connectivity index (χ1n) is 10.2. The van der Waals surface area contributed by atoms with Crippen molar-refractivity contribution < 1.29 is 14.3 Å². The second-order valence-corrected chi connectivity index (χ2v) is 7.65. The Balaban J connectivity index is 0.00000256. The third kappa shape index (κ3) is 5.01. The molecule has 0 aromatic heterocycles. The van der Waals surface area contributed by atoms with Gasteiger partial charge in [-0.25, -0.2) is 0 Å². The minimum atomic E-state index is -0.357. The van der Waals surface area contributed by atoms with E-state index in [4.69, 9.17) is 4.74 Å². The van der Waals surface area contributed by atoms with Crippen LogP contribution in [0.5, 0.6) is 0 Å². The predicted octanol–water partition coefficient (Wildman–Crippen LogP) is 2.95. The van der Waals surface area contributed by atoms with Gasteiger partial charge in [0.2, 0.25) is 11.8 Å². The van der Waals surface area contributed by atoms with Gasteiger partial charge in [0.15, 0.2) is 0 Å². The van der Waals surface area contributed by atoms with Crippen LogP contribution in [0.1, 0.15) is 24.5 Å². The van der Waals surface area contributed by atoms with Crippen LogP contribution < -0.4 is 15.5 Å².